The van der Waals surface area contributed by atoms with Crippen molar-refractivity contribution in [3.8, 4) is 5.75 Å². The Bertz CT molecular complexity index is 796. The van der Waals surface area contributed by atoms with Crippen LogP contribution in [0.25, 0.3) is 11.0 Å². The van der Waals surface area contributed by atoms with Gasteiger partial charge in [0.2, 0.25) is 0 Å². The van der Waals surface area contributed by atoms with Gasteiger partial charge in [-0.2, -0.15) is 5.10 Å². The molecule has 0 radical (unpaired) electrons. The highest BCUT2D eigenvalue weighted by molar-refractivity contribution is 5.77. The maximum Gasteiger partial charge on any atom is 0.336 e. The van der Waals surface area contributed by atoms with Crippen LogP contribution in [-0.4, -0.2) is 21.4 Å². The number of hydrogen-bond donors (Lipinski definition) is 0. The van der Waals surface area contributed by atoms with Crippen molar-refractivity contribution in [3.63, 3.8) is 0 Å². The van der Waals surface area contributed by atoms with Crippen LogP contribution < -0.4 is 10.4 Å². The number of nitrogens with zero attached hydrogens (tertiary/aromatic N) is 3. The SMILES string of the molecule is O=c1ccc2ccc(OCCCCCCn3cncn3)cc2o1. The maximum atomic E-state index is 11.2. The number of rotatable bonds is 8. The number of aromatic nitrogens is 3. The van der Waals surface area contributed by atoms with Crippen LogP contribution in [-0.2, 0) is 6.54 Å². The van der Waals surface area contributed by atoms with Gasteiger partial charge >= 0.3 is 5.63 Å². The minimum atomic E-state index is -0.345. The fourth-order valence-corrected chi connectivity index (χ4v) is 2.40. The first-order chi connectivity index (χ1) is 11.3. The molecule has 0 unspecified atom stereocenters. The molecule has 0 aliphatic heterocycles. The molecule has 0 aliphatic rings. The molecule has 0 saturated heterocycles. The molecule has 0 aliphatic carbocycles. The average molecular weight is 313 g/mol. The molecule has 120 valence electrons. The summed E-state index contributed by atoms with van der Waals surface area (Å²) in [6.07, 6.45) is 7.62. The van der Waals surface area contributed by atoms with Gasteiger partial charge in [-0.1, -0.05) is 6.42 Å². The monoisotopic (exact) mass is 313 g/mol. The Morgan fingerprint density at radius 2 is 1.96 bits per heavy atom. The first-order valence-electron chi connectivity index (χ1n) is 7.80. The average Bonchev–Trinajstić information content (AvgIpc) is 3.07. The molecule has 1 aromatic carbocycles. The van der Waals surface area contributed by atoms with Crippen molar-refractivity contribution in [1.82, 2.24) is 14.8 Å². The molecule has 3 rings (SSSR count). The summed E-state index contributed by atoms with van der Waals surface area (Å²) < 4.78 is 12.7. The number of unbranched alkanes of at least 4 members (excludes halogenated alkanes) is 3. The third-order valence-electron chi connectivity index (χ3n) is 3.61. The lowest BCUT2D eigenvalue weighted by atomic mass is 10.2. The van der Waals surface area contributed by atoms with Crippen molar-refractivity contribution in [3.05, 3.63) is 53.4 Å². The molecule has 23 heavy (non-hydrogen) atoms. The van der Waals surface area contributed by atoms with Crippen molar-refractivity contribution >= 4 is 11.0 Å². The van der Waals surface area contributed by atoms with Gasteiger partial charge in [0.15, 0.2) is 0 Å². The van der Waals surface area contributed by atoms with Crippen LogP contribution in [0, 0.1) is 0 Å². The Balaban J connectivity index is 1.38. The van der Waals surface area contributed by atoms with Crippen molar-refractivity contribution in [2.24, 2.45) is 0 Å². The van der Waals surface area contributed by atoms with Gasteiger partial charge in [0.25, 0.3) is 0 Å². The van der Waals surface area contributed by atoms with E-state index in [1.807, 2.05) is 16.8 Å². The second-order valence-corrected chi connectivity index (χ2v) is 5.38. The maximum absolute atomic E-state index is 11.2. The van der Waals surface area contributed by atoms with E-state index in [1.54, 1.807) is 24.8 Å². The smallest absolute Gasteiger partial charge is 0.336 e. The van der Waals surface area contributed by atoms with Gasteiger partial charge in [-0.3, -0.25) is 4.68 Å². The quantitative estimate of drug-likeness (QED) is 0.472. The summed E-state index contributed by atoms with van der Waals surface area (Å²) in [6, 6.07) is 8.72. The van der Waals surface area contributed by atoms with E-state index in [4.69, 9.17) is 9.15 Å². The van der Waals surface area contributed by atoms with Crippen LogP contribution in [0.1, 0.15) is 25.7 Å². The third kappa shape index (κ3) is 4.42. The van der Waals surface area contributed by atoms with Crippen LogP contribution >= 0.6 is 0 Å². The highest BCUT2D eigenvalue weighted by Gasteiger charge is 2.00. The standard InChI is InChI=1S/C17H19N3O3/c21-17-8-6-14-5-7-15(11-16(14)23-17)22-10-4-2-1-3-9-20-13-18-12-19-20/h5-8,11-13H,1-4,9-10H2. The molecule has 0 spiro atoms. The summed E-state index contributed by atoms with van der Waals surface area (Å²) in [6.45, 7) is 1.57. The van der Waals surface area contributed by atoms with Crippen LogP contribution in [0.5, 0.6) is 5.75 Å². The molecular weight excluding hydrogens is 294 g/mol. The zero-order valence-corrected chi connectivity index (χ0v) is 12.9. The number of ether oxygens (including phenoxy) is 1. The summed E-state index contributed by atoms with van der Waals surface area (Å²) in [5.74, 6) is 0.731. The number of fused-ring (bicyclic) bond motifs is 1. The Hall–Kier alpha value is -2.63. The Kier molecular flexibility index (Phi) is 5.03. The van der Waals surface area contributed by atoms with Gasteiger partial charge in [0.1, 0.15) is 24.0 Å². The van der Waals surface area contributed by atoms with E-state index in [-0.39, 0.29) is 5.63 Å². The molecule has 2 aromatic heterocycles. The fourth-order valence-electron chi connectivity index (χ4n) is 2.40. The summed E-state index contributed by atoms with van der Waals surface area (Å²) in [5.41, 5.74) is 0.213. The highest BCUT2D eigenvalue weighted by atomic mass is 16.5. The van der Waals surface area contributed by atoms with Gasteiger partial charge in [-0.15, -0.1) is 0 Å². The minimum absolute atomic E-state index is 0.345. The van der Waals surface area contributed by atoms with E-state index in [9.17, 15) is 4.79 Å². The molecular formula is C17H19N3O3. The Morgan fingerprint density at radius 1 is 1.09 bits per heavy atom. The van der Waals surface area contributed by atoms with Crippen molar-refractivity contribution in [1.29, 1.82) is 0 Å². The summed E-state index contributed by atoms with van der Waals surface area (Å²) >= 11 is 0. The summed E-state index contributed by atoms with van der Waals surface area (Å²) in [5, 5.41) is 4.96. The normalized spacial score (nSPS) is 11.0. The molecule has 0 atom stereocenters. The number of aryl methyl sites for hydroxylation is 1. The molecule has 2 heterocycles. The number of benzene rings is 1. The van der Waals surface area contributed by atoms with Crippen molar-refractivity contribution < 1.29 is 9.15 Å². The van der Waals surface area contributed by atoms with Gasteiger partial charge < -0.3 is 9.15 Å². The Morgan fingerprint density at radius 3 is 2.83 bits per heavy atom. The molecule has 0 amide bonds. The zero-order chi connectivity index (χ0) is 15.9. The number of hydrogen-bond acceptors (Lipinski definition) is 5. The molecule has 6 nitrogen and oxygen atoms in total. The van der Waals surface area contributed by atoms with E-state index >= 15 is 0 Å². The molecule has 0 saturated carbocycles. The summed E-state index contributed by atoms with van der Waals surface area (Å²) in [4.78, 5) is 15.1. The van der Waals surface area contributed by atoms with Gasteiger partial charge in [-0.05, 0) is 37.5 Å². The van der Waals surface area contributed by atoms with E-state index in [0.29, 0.717) is 12.2 Å². The first kappa shape index (κ1) is 15.3. The topological polar surface area (TPSA) is 70.2 Å². The second kappa shape index (κ2) is 7.58. The third-order valence-corrected chi connectivity index (χ3v) is 3.61. The van der Waals surface area contributed by atoms with E-state index in [0.717, 1.165) is 43.4 Å². The lowest BCUT2D eigenvalue weighted by Gasteiger charge is -2.07. The van der Waals surface area contributed by atoms with Gasteiger partial charge in [0, 0.05) is 24.1 Å². The van der Waals surface area contributed by atoms with E-state index in [1.165, 1.54) is 6.07 Å². The van der Waals surface area contributed by atoms with Gasteiger partial charge in [0.05, 0.1) is 6.61 Å². The van der Waals surface area contributed by atoms with Crippen molar-refractivity contribution in [2.45, 2.75) is 32.2 Å². The molecule has 6 heteroatoms. The van der Waals surface area contributed by atoms with Gasteiger partial charge in [-0.25, -0.2) is 9.78 Å². The summed E-state index contributed by atoms with van der Waals surface area (Å²) in [7, 11) is 0. The predicted molar refractivity (Wildman–Crippen MR) is 86.5 cm³/mol. The molecule has 0 fully saturated rings. The first-order valence-corrected chi connectivity index (χ1v) is 7.80. The van der Waals surface area contributed by atoms with E-state index in [2.05, 4.69) is 10.1 Å². The van der Waals surface area contributed by atoms with Crippen LogP contribution in [0.2, 0.25) is 0 Å². The lowest BCUT2D eigenvalue weighted by molar-refractivity contribution is 0.303. The Labute approximate surface area is 133 Å². The second-order valence-electron chi connectivity index (χ2n) is 5.38. The minimum Gasteiger partial charge on any atom is -0.493 e. The van der Waals surface area contributed by atoms with E-state index < -0.39 is 0 Å². The van der Waals surface area contributed by atoms with Crippen LogP contribution in [0.3, 0.4) is 0 Å². The molecule has 0 N–H and O–H groups in total. The predicted octanol–water partition coefficient (Wildman–Crippen LogP) is 3.02. The molecule has 3 aromatic rings. The van der Waals surface area contributed by atoms with Crippen LogP contribution in [0.4, 0.5) is 0 Å². The largest absolute Gasteiger partial charge is 0.493 e. The van der Waals surface area contributed by atoms with Crippen LogP contribution in [0.15, 0.2) is 52.2 Å². The van der Waals surface area contributed by atoms with Crippen molar-refractivity contribution in [2.75, 3.05) is 6.61 Å². The molecule has 0 bridgehead atoms. The highest BCUT2D eigenvalue weighted by Crippen LogP contribution is 2.19. The zero-order valence-electron chi connectivity index (χ0n) is 12.9. The fraction of sp³-hybridized carbons (Fsp3) is 0.353. The lowest BCUT2D eigenvalue weighted by Crippen LogP contribution is -2.00.